The second kappa shape index (κ2) is 10.9. The van der Waals surface area contributed by atoms with Crippen LogP contribution in [0.2, 0.25) is 0 Å². The number of hydrogen-bond acceptors (Lipinski definition) is 10. The van der Waals surface area contributed by atoms with Crippen molar-refractivity contribution in [2.75, 3.05) is 43.3 Å². The Morgan fingerprint density at radius 3 is 2.27 bits per heavy atom. The third kappa shape index (κ3) is 4.78. The molecule has 0 aliphatic heterocycles. The summed E-state index contributed by atoms with van der Waals surface area (Å²) in [6.45, 7) is -0.138. The average Bonchev–Trinajstić information content (AvgIpc) is 2.94. The molecule has 13 heteroatoms. The highest BCUT2D eigenvalue weighted by Gasteiger charge is 2.60. The van der Waals surface area contributed by atoms with Gasteiger partial charge in [0.1, 0.15) is 22.8 Å². The molecule has 3 amide bonds. The van der Waals surface area contributed by atoms with Gasteiger partial charge in [-0.15, -0.1) is 0 Å². The van der Waals surface area contributed by atoms with Crippen LogP contribution in [0, 0.1) is 11.8 Å². The van der Waals surface area contributed by atoms with Crippen molar-refractivity contribution in [3.63, 3.8) is 0 Å². The first-order valence-electron chi connectivity index (χ1n) is 14.0. The van der Waals surface area contributed by atoms with E-state index in [-0.39, 0.29) is 48.3 Å². The number of urea groups is 1. The van der Waals surface area contributed by atoms with Gasteiger partial charge in [0, 0.05) is 75.3 Å². The Kier molecular flexibility index (Phi) is 7.54. The second-order valence-electron chi connectivity index (χ2n) is 11.8. The number of amides is 3. The molecular formula is C31H35N5O8. The highest BCUT2D eigenvalue weighted by molar-refractivity contribution is 6.22. The molecule has 1 fully saturated rings. The maximum absolute atomic E-state index is 13.8. The van der Waals surface area contributed by atoms with Crippen LogP contribution in [0.15, 0.2) is 47.2 Å². The average molecular weight is 606 g/mol. The molecule has 2 aromatic carbocycles. The lowest BCUT2D eigenvalue weighted by atomic mass is 9.59. The van der Waals surface area contributed by atoms with Crippen molar-refractivity contribution in [2.45, 2.75) is 31.4 Å². The van der Waals surface area contributed by atoms with E-state index in [1.165, 1.54) is 0 Å². The zero-order chi connectivity index (χ0) is 32.2. The van der Waals surface area contributed by atoms with Gasteiger partial charge in [-0.3, -0.25) is 14.4 Å². The molecule has 1 saturated carbocycles. The number of ketones is 2. The van der Waals surface area contributed by atoms with Gasteiger partial charge in [0.05, 0.1) is 5.56 Å². The van der Waals surface area contributed by atoms with Crippen LogP contribution in [-0.2, 0) is 27.3 Å². The topological polar surface area (TPSA) is 206 Å². The molecule has 13 nitrogen and oxygen atoms in total. The predicted molar refractivity (Wildman–Crippen MR) is 162 cm³/mol. The summed E-state index contributed by atoms with van der Waals surface area (Å²) in [4.78, 5) is 54.6. The molecule has 1 unspecified atom stereocenters. The fourth-order valence-electron chi connectivity index (χ4n) is 6.45. The van der Waals surface area contributed by atoms with Crippen LogP contribution in [0.3, 0.4) is 0 Å². The van der Waals surface area contributed by atoms with Gasteiger partial charge >= 0.3 is 6.03 Å². The van der Waals surface area contributed by atoms with Crippen LogP contribution in [0.1, 0.15) is 29.5 Å². The number of hydrogen-bond donors (Lipinski definition) is 7. The van der Waals surface area contributed by atoms with Crippen molar-refractivity contribution in [3.05, 3.63) is 63.9 Å². The molecular weight excluding hydrogens is 570 g/mol. The lowest BCUT2D eigenvalue weighted by Gasteiger charge is -2.46. The molecule has 0 heterocycles. The first kappa shape index (κ1) is 30.4. The molecule has 232 valence electrons. The van der Waals surface area contributed by atoms with Crippen molar-refractivity contribution in [3.8, 4) is 5.75 Å². The summed E-state index contributed by atoms with van der Waals surface area (Å²) < 4.78 is 0. The van der Waals surface area contributed by atoms with Gasteiger partial charge < -0.3 is 46.6 Å². The number of nitrogens with two attached hydrogens (primary N) is 1. The minimum Gasteiger partial charge on any atom is -0.508 e. The molecule has 3 atom stereocenters. The second-order valence-corrected chi connectivity index (χ2v) is 11.8. The van der Waals surface area contributed by atoms with E-state index in [1.54, 1.807) is 37.2 Å². The predicted octanol–water partition coefficient (Wildman–Crippen LogP) is 1.88. The number of primary amides is 1. The minimum atomic E-state index is -2.64. The Labute approximate surface area is 253 Å². The van der Waals surface area contributed by atoms with Gasteiger partial charge in [-0.05, 0) is 54.7 Å². The summed E-state index contributed by atoms with van der Waals surface area (Å²) in [6.07, 6.45) is -0.178. The third-order valence-electron chi connectivity index (χ3n) is 8.68. The Morgan fingerprint density at radius 2 is 1.68 bits per heavy atom. The number of phenolic OH excluding ortho intramolecular Hbond substituents is 1. The van der Waals surface area contributed by atoms with Crippen LogP contribution in [0.5, 0.6) is 5.75 Å². The Morgan fingerprint density at radius 1 is 1.02 bits per heavy atom. The van der Waals surface area contributed by atoms with E-state index in [4.69, 9.17) is 5.73 Å². The quantitative estimate of drug-likeness (QED) is 0.238. The zero-order valence-electron chi connectivity index (χ0n) is 24.8. The lowest BCUT2D eigenvalue weighted by molar-refractivity contribution is -0.147. The normalized spacial score (nSPS) is 22.6. The molecule has 44 heavy (non-hydrogen) atoms. The molecule has 5 rings (SSSR count). The van der Waals surface area contributed by atoms with Crippen molar-refractivity contribution in [1.82, 2.24) is 5.32 Å². The Hall–Kier alpha value is -5.04. The summed E-state index contributed by atoms with van der Waals surface area (Å²) in [5.74, 6) is -6.91. The Balaban J connectivity index is 1.50. The molecule has 8 N–H and O–H groups in total. The SMILES string of the molecule is CN(C)c1ccc(NC(=O)NCc2cc(N(C)C)c3c(c2O)C(O)=C2C(=O)[C@]4(O)C(O)=C(C(N)=O)C(=O)C[C@@H]4CC2C3)cc1. The maximum atomic E-state index is 13.8. The molecule has 0 saturated heterocycles. The number of carbonyl (C=O) groups excluding carboxylic acids is 4. The number of rotatable bonds is 6. The number of phenols is 1. The smallest absolute Gasteiger partial charge is 0.319 e. The number of aliphatic hydroxyl groups excluding tert-OH is 2. The van der Waals surface area contributed by atoms with Crippen molar-refractivity contribution in [1.29, 1.82) is 0 Å². The first-order chi connectivity index (χ1) is 20.7. The molecule has 2 aromatic rings. The number of aromatic hydroxyl groups is 1. The molecule has 0 spiro atoms. The monoisotopic (exact) mass is 605 g/mol. The van der Waals surface area contributed by atoms with E-state index in [1.807, 2.05) is 31.1 Å². The van der Waals surface area contributed by atoms with Crippen molar-refractivity contribution < 1.29 is 39.6 Å². The number of Topliss-reactive ketones (excluding diaryl/α,β-unsaturated/α-hetero) is 2. The fraction of sp³-hybridized carbons (Fsp3) is 0.355. The standard InChI is InChI=1S/C31H35N5O8/c1-35(2)18-7-5-17(6-8-18)34-30(43)33-13-15-11-20(36(3)4)19-10-14-9-16-12-21(37)24(29(32)42)28(41)31(16,44)27(40)22(14)26(39)23(19)25(15)38/h5-8,11,14,16,38-39,41,44H,9-10,12-13H2,1-4H3,(H2,32,42)(H2,33,34,43)/t14?,16-,31-/m0/s1. The molecule has 3 aliphatic carbocycles. The van der Waals surface area contributed by atoms with E-state index in [9.17, 15) is 39.6 Å². The summed E-state index contributed by atoms with van der Waals surface area (Å²) in [5, 5.41) is 50.5. The summed E-state index contributed by atoms with van der Waals surface area (Å²) in [6, 6.07) is 8.33. The van der Waals surface area contributed by atoms with Crippen molar-refractivity contribution in [2.24, 2.45) is 17.6 Å². The van der Waals surface area contributed by atoms with Gasteiger partial charge in [-0.1, -0.05) is 0 Å². The lowest BCUT2D eigenvalue weighted by Crippen LogP contribution is -2.58. The van der Waals surface area contributed by atoms with Crippen LogP contribution >= 0.6 is 0 Å². The maximum Gasteiger partial charge on any atom is 0.319 e. The van der Waals surface area contributed by atoms with Crippen LogP contribution < -0.4 is 26.2 Å². The van der Waals surface area contributed by atoms with Crippen LogP contribution in [-0.4, -0.2) is 77.7 Å². The largest absolute Gasteiger partial charge is 0.508 e. The van der Waals surface area contributed by atoms with Gasteiger partial charge in [0.25, 0.3) is 5.91 Å². The fourth-order valence-corrected chi connectivity index (χ4v) is 6.45. The molecule has 0 bridgehead atoms. The first-order valence-corrected chi connectivity index (χ1v) is 14.0. The summed E-state index contributed by atoms with van der Waals surface area (Å²) in [5.41, 5.74) is 4.40. The molecule has 0 aromatic heterocycles. The van der Waals surface area contributed by atoms with E-state index >= 15 is 0 Å². The minimum absolute atomic E-state index is 0.0372. The number of fused-ring (bicyclic) bond motifs is 3. The van der Waals surface area contributed by atoms with E-state index in [2.05, 4.69) is 10.6 Å². The van der Waals surface area contributed by atoms with E-state index in [0.29, 0.717) is 16.9 Å². The summed E-state index contributed by atoms with van der Waals surface area (Å²) >= 11 is 0. The number of aliphatic hydroxyl groups is 3. The highest BCUT2D eigenvalue weighted by Crippen LogP contribution is 2.53. The van der Waals surface area contributed by atoms with Gasteiger partial charge in [-0.25, -0.2) is 4.79 Å². The number of nitrogens with zero attached hydrogens (tertiary/aromatic N) is 2. The van der Waals surface area contributed by atoms with Crippen LogP contribution in [0.4, 0.5) is 21.9 Å². The van der Waals surface area contributed by atoms with Gasteiger partial charge in [-0.2, -0.15) is 0 Å². The van der Waals surface area contributed by atoms with Crippen molar-refractivity contribution >= 4 is 46.3 Å². The van der Waals surface area contributed by atoms with E-state index in [0.717, 1.165) is 5.69 Å². The highest BCUT2D eigenvalue weighted by atomic mass is 16.3. The summed E-state index contributed by atoms with van der Waals surface area (Å²) in [7, 11) is 7.33. The molecule has 3 aliphatic rings. The number of carbonyl (C=O) groups is 4. The number of anilines is 3. The van der Waals surface area contributed by atoms with E-state index < -0.39 is 58.0 Å². The third-order valence-corrected chi connectivity index (χ3v) is 8.68. The van der Waals surface area contributed by atoms with Crippen LogP contribution in [0.25, 0.3) is 5.76 Å². The van der Waals surface area contributed by atoms with Gasteiger partial charge in [0.15, 0.2) is 11.4 Å². The molecule has 0 radical (unpaired) electrons. The number of benzene rings is 2. The van der Waals surface area contributed by atoms with Gasteiger partial charge in [0.2, 0.25) is 5.78 Å². The Bertz CT molecular complexity index is 1660. The zero-order valence-corrected chi connectivity index (χ0v) is 24.8. The number of nitrogens with one attached hydrogen (secondary N) is 2.